The van der Waals surface area contributed by atoms with E-state index in [4.69, 9.17) is 5.73 Å². The average molecular weight is 246 g/mol. The van der Waals surface area contributed by atoms with Gasteiger partial charge < -0.3 is 15.4 Å². The zero-order chi connectivity index (χ0) is 13.0. The summed E-state index contributed by atoms with van der Waals surface area (Å²) in [5, 5.41) is 0. The summed E-state index contributed by atoms with van der Waals surface area (Å²) in [6, 6.07) is 9.02. The molecule has 1 heterocycles. The van der Waals surface area contributed by atoms with Crippen LogP contribution in [-0.2, 0) is 4.79 Å². The Hall–Kier alpha value is -1.68. The molecule has 0 spiro atoms. The van der Waals surface area contributed by atoms with Gasteiger partial charge in [0.25, 0.3) is 5.91 Å². The van der Waals surface area contributed by atoms with Gasteiger partial charge in [-0.2, -0.15) is 0 Å². The molecule has 2 atom stereocenters. The first-order valence-electron chi connectivity index (χ1n) is 6.27. The largest absolute Gasteiger partial charge is 0.338 e. The number of carbonyl (C=O) groups excluding carboxylic acids is 2. The molecule has 0 bridgehead atoms. The second-order valence-corrected chi connectivity index (χ2v) is 4.72. The molecule has 1 aromatic carbocycles. The molecule has 2 rings (SSSR count). The topological polar surface area (TPSA) is 63.4 Å². The van der Waals surface area contributed by atoms with Crippen LogP contribution in [0.25, 0.3) is 0 Å². The van der Waals surface area contributed by atoms with Gasteiger partial charge in [0.2, 0.25) is 0 Å². The van der Waals surface area contributed by atoms with Crippen LogP contribution < -0.4 is 5.73 Å². The summed E-state index contributed by atoms with van der Waals surface area (Å²) < 4.78 is 0. The Labute approximate surface area is 107 Å². The Bertz CT molecular complexity index is 419. The lowest BCUT2D eigenvalue weighted by molar-refractivity contribution is -0.111. The summed E-state index contributed by atoms with van der Waals surface area (Å²) in [4.78, 5) is 25.0. The van der Waals surface area contributed by atoms with Crippen molar-refractivity contribution < 1.29 is 9.59 Å². The maximum absolute atomic E-state index is 12.3. The summed E-state index contributed by atoms with van der Waals surface area (Å²) in [5.41, 5.74) is 6.59. The van der Waals surface area contributed by atoms with Crippen molar-refractivity contribution >= 4 is 12.2 Å². The maximum Gasteiger partial charge on any atom is 0.253 e. The van der Waals surface area contributed by atoms with E-state index in [0.717, 1.165) is 19.1 Å². The minimum Gasteiger partial charge on any atom is -0.338 e. The summed E-state index contributed by atoms with van der Waals surface area (Å²) in [6.45, 7) is 1.10. The number of amides is 1. The van der Waals surface area contributed by atoms with Gasteiger partial charge in [-0.3, -0.25) is 4.79 Å². The van der Waals surface area contributed by atoms with Crippen LogP contribution in [0.15, 0.2) is 30.3 Å². The van der Waals surface area contributed by atoms with Gasteiger partial charge in [0.05, 0.1) is 0 Å². The minimum absolute atomic E-state index is 0.0171. The molecular formula is C14H18N2O2. The number of hydrogen-bond donors (Lipinski definition) is 1. The molecule has 0 radical (unpaired) electrons. The molecule has 1 aromatic rings. The molecule has 1 aliphatic rings. The molecule has 1 amide bonds. The van der Waals surface area contributed by atoms with Crippen LogP contribution in [0.2, 0.25) is 0 Å². The third kappa shape index (κ3) is 2.76. The number of benzene rings is 1. The van der Waals surface area contributed by atoms with Gasteiger partial charge in [0.15, 0.2) is 0 Å². The van der Waals surface area contributed by atoms with E-state index in [1.807, 2.05) is 18.2 Å². The Morgan fingerprint density at radius 3 is 2.72 bits per heavy atom. The summed E-state index contributed by atoms with van der Waals surface area (Å²) in [5.74, 6) is -0.267. The minimum atomic E-state index is -0.250. The van der Waals surface area contributed by atoms with Crippen LogP contribution >= 0.6 is 0 Å². The molecule has 2 N–H and O–H groups in total. The lowest BCUT2D eigenvalue weighted by atomic mass is 9.99. The van der Waals surface area contributed by atoms with Gasteiger partial charge in [0.1, 0.15) is 6.29 Å². The molecule has 18 heavy (non-hydrogen) atoms. The van der Waals surface area contributed by atoms with E-state index in [2.05, 4.69) is 0 Å². The van der Waals surface area contributed by atoms with E-state index in [0.29, 0.717) is 18.7 Å². The molecule has 0 saturated carbocycles. The van der Waals surface area contributed by atoms with E-state index in [1.165, 1.54) is 0 Å². The number of hydrogen-bond acceptors (Lipinski definition) is 3. The second kappa shape index (κ2) is 5.78. The normalized spacial score (nSPS) is 24.4. The summed E-state index contributed by atoms with van der Waals surface area (Å²) >= 11 is 0. The van der Waals surface area contributed by atoms with E-state index in [1.54, 1.807) is 17.0 Å². The SMILES string of the molecule is NC1CCCN(C(=O)c2ccccc2)CC1C=O. The van der Waals surface area contributed by atoms with E-state index >= 15 is 0 Å². The van der Waals surface area contributed by atoms with Gasteiger partial charge in [0, 0.05) is 30.6 Å². The maximum atomic E-state index is 12.3. The molecule has 1 aliphatic heterocycles. The van der Waals surface area contributed by atoms with Gasteiger partial charge in [-0.1, -0.05) is 18.2 Å². The quantitative estimate of drug-likeness (QED) is 0.794. The van der Waals surface area contributed by atoms with Crippen LogP contribution in [0, 0.1) is 5.92 Å². The van der Waals surface area contributed by atoms with Crippen molar-refractivity contribution in [1.29, 1.82) is 0 Å². The lowest BCUT2D eigenvalue weighted by Gasteiger charge is -2.23. The molecule has 0 aliphatic carbocycles. The third-order valence-corrected chi connectivity index (χ3v) is 3.43. The smallest absolute Gasteiger partial charge is 0.253 e. The summed E-state index contributed by atoms with van der Waals surface area (Å²) in [7, 11) is 0. The molecule has 4 nitrogen and oxygen atoms in total. The standard InChI is InChI=1S/C14H18N2O2/c15-13-7-4-8-16(9-12(13)10-17)14(18)11-5-2-1-3-6-11/h1-3,5-6,10,12-13H,4,7-9,15H2. The van der Waals surface area contributed by atoms with Crippen molar-refractivity contribution in [2.45, 2.75) is 18.9 Å². The first-order valence-corrected chi connectivity index (χ1v) is 6.27. The van der Waals surface area contributed by atoms with Gasteiger partial charge in [-0.25, -0.2) is 0 Å². The van der Waals surface area contributed by atoms with Crippen molar-refractivity contribution in [3.05, 3.63) is 35.9 Å². The number of aldehydes is 1. The average Bonchev–Trinajstić information content (AvgIpc) is 2.60. The Kier molecular flexibility index (Phi) is 4.10. The van der Waals surface area contributed by atoms with E-state index in [9.17, 15) is 9.59 Å². The number of carbonyl (C=O) groups is 2. The fraction of sp³-hybridized carbons (Fsp3) is 0.429. The van der Waals surface area contributed by atoms with Crippen LogP contribution in [0.4, 0.5) is 0 Å². The third-order valence-electron chi connectivity index (χ3n) is 3.43. The number of nitrogens with two attached hydrogens (primary N) is 1. The fourth-order valence-electron chi connectivity index (χ4n) is 2.30. The van der Waals surface area contributed by atoms with Crippen LogP contribution in [-0.4, -0.2) is 36.2 Å². The predicted octanol–water partition coefficient (Wildman–Crippen LogP) is 1.06. The first kappa shape index (κ1) is 12.8. The lowest BCUT2D eigenvalue weighted by Crippen LogP contribution is -2.39. The molecule has 1 saturated heterocycles. The van der Waals surface area contributed by atoms with E-state index < -0.39 is 0 Å². The molecule has 96 valence electrons. The predicted molar refractivity (Wildman–Crippen MR) is 69.1 cm³/mol. The zero-order valence-corrected chi connectivity index (χ0v) is 10.3. The molecule has 1 fully saturated rings. The van der Waals surface area contributed by atoms with Gasteiger partial charge in [-0.05, 0) is 25.0 Å². The Balaban J connectivity index is 2.13. The highest BCUT2D eigenvalue weighted by atomic mass is 16.2. The number of likely N-dealkylation sites (tertiary alicyclic amines) is 1. The molecule has 2 unspecified atom stereocenters. The number of nitrogens with zero attached hydrogens (tertiary/aromatic N) is 1. The van der Waals surface area contributed by atoms with Gasteiger partial charge in [-0.15, -0.1) is 0 Å². The van der Waals surface area contributed by atoms with Crippen LogP contribution in [0.3, 0.4) is 0 Å². The van der Waals surface area contributed by atoms with Crippen molar-refractivity contribution in [1.82, 2.24) is 4.90 Å². The van der Waals surface area contributed by atoms with Crippen LogP contribution in [0.1, 0.15) is 23.2 Å². The number of rotatable bonds is 2. The monoisotopic (exact) mass is 246 g/mol. The first-order chi connectivity index (χ1) is 8.72. The van der Waals surface area contributed by atoms with Gasteiger partial charge >= 0.3 is 0 Å². The van der Waals surface area contributed by atoms with Crippen molar-refractivity contribution in [2.24, 2.45) is 11.7 Å². The summed E-state index contributed by atoms with van der Waals surface area (Å²) in [6.07, 6.45) is 2.52. The fourth-order valence-corrected chi connectivity index (χ4v) is 2.30. The van der Waals surface area contributed by atoms with Crippen LogP contribution in [0.5, 0.6) is 0 Å². The van der Waals surface area contributed by atoms with Crippen molar-refractivity contribution in [3.63, 3.8) is 0 Å². The highest BCUT2D eigenvalue weighted by Crippen LogP contribution is 2.16. The highest BCUT2D eigenvalue weighted by molar-refractivity contribution is 5.94. The molecule has 4 heteroatoms. The second-order valence-electron chi connectivity index (χ2n) is 4.72. The zero-order valence-electron chi connectivity index (χ0n) is 10.3. The van der Waals surface area contributed by atoms with E-state index in [-0.39, 0.29) is 17.9 Å². The Morgan fingerprint density at radius 2 is 2.06 bits per heavy atom. The molecular weight excluding hydrogens is 228 g/mol. The highest BCUT2D eigenvalue weighted by Gasteiger charge is 2.27. The Morgan fingerprint density at radius 1 is 1.33 bits per heavy atom. The molecule has 0 aromatic heterocycles. The van der Waals surface area contributed by atoms with Crippen molar-refractivity contribution in [3.8, 4) is 0 Å². The van der Waals surface area contributed by atoms with Crippen molar-refractivity contribution in [2.75, 3.05) is 13.1 Å².